The van der Waals surface area contributed by atoms with Gasteiger partial charge in [-0.2, -0.15) is 22.0 Å². The van der Waals surface area contributed by atoms with E-state index in [1.54, 1.807) is 13.8 Å². The summed E-state index contributed by atoms with van der Waals surface area (Å²) in [5.74, 6) is -6.39. The fourth-order valence-corrected chi connectivity index (χ4v) is 3.14. The summed E-state index contributed by atoms with van der Waals surface area (Å²) in [5, 5.41) is 8.81. The lowest BCUT2D eigenvalue weighted by atomic mass is 9.98. The lowest BCUT2D eigenvalue weighted by Gasteiger charge is -2.25. The molecule has 0 aliphatic carbocycles. The summed E-state index contributed by atoms with van der Waals surface area (Å²) in [6.07, 6.45) is -5.70. The zero-order chi connectivity index (χ0) is 17.3. The van der Waals surface area contributed by atoms with E-state index in [1.165, 1.54) is 6.92 Å². The van der Waals surface area contributed by atoms with Crippen LogP contribution in [0.1, 0.15) is 42.3 Å². The number of aromatic carboxylic acids is 1. The first-order valence-electron chi connectivity index (χ1n) is 6.44. The van der Waals surface area contributed by atoms with E-state index in [2.05, 4.69) is 0 Å². The van der Waals surface area contributed by atoms with Gasteiger partial charge in [0, 0.05) is 15.7 Å². The lowest BCUT2D eigenvalue weighted by molar-refractivity contribution is -0.290. The van der Waals surface area contributed by atoms with Crippen LogP contribution in [-0.2, 0) is 12.3 Å². The Kier molecular flexibility index (Phi) is 5.48. The van der Waals surface area contributed by atoms with Crippen molar-refractivity contribution in [2.75, 3.05) is 0 Å². The molecule has 0 atom stereocenters. The smallest absolute Gasteiger partial charge is 0.458 e. The van der Waals surface area contributed by atoms with Crippen LogP contribution in [0.25, 0.3) is 0 Å². The van der Waals surface area contributed by atoms with Gasteiger partial charge >= 0.3 is 18.1 Å². The fourth-order valence-electron chi connectivity index (χ4n) is 1.95. The van der Waals surface area contributed by atoms with E-state index in [4.69, 9.17) is 5.11 Å². The van der Waals surface area contributed by atoms with Crippen molar-refractivity contribution in [1.29, 1.82) is 0 Å². The number of benzene rings is 1. The summed E-state index contributed by atoms with van der Waals surface area (Å²) in [4.78, 5) is 10.9. The van der Waals surface area contributed by atoms with Gasteiger partial charge in [-0.1, -0.05) is 26.8 Å². The van der Waals surface area contributed by atoms with Gasteiger partial charge in [-0.25, -0.2) is 4.79 Å². The SMILES string of the molecule is CCc1c(C(=O)O)ccc(C(F)(F)C(F)(F)F)c1SC(C)C. The van der Waals surface area contributed by atoms with Crippen molar-refractivity contribution in [3.05, 3.63) is 28.8 Å². The molecule has 0 bridgehead atoms. The highest BCUT2D eigenvalue weighted by atomic mass is 32.2. The molecule has 0 radical (unpaired) electrons. The van der Waals surface area contributed by atoms with Crippen LogP contribution in [0.2, 0.25) is 0 Å². The Balaban J connectivity index is 3.69. The maximum absolute atomic E-state index is 13.7. The number of halogens is 5. The average molecular weight is 342 g/mol. The monoisotopic (exact) mass is 342 g/mol. The Bertz CT molecular complexity index is 567. The van der Waals surface area contributed by atoms with Crippen molar-refractivity contribution in [1.82, 2.24) is 0 Å². The molecule has 0 fully saturated rings. The van der Waals surface area contributed by atoms with Gasteiger partial charge in [-0.05, 0) is 18.1 Å². The molecule has 22 heavy (non-hydrogen) atoms. The van der Waals surface area contributed by atoms with Crippen molar-refractivity contribution in [3.8, 4) is 0 Å². The highest BCUT2D eigenvalue weighted by Crippen LogP contribution is 2.48. The lowest BCUT2D eigenvalue weighted by Crippen LogP contribution is -2.34. The predicted octanol–water partition coefficient (Wildman–Crippen LogP) is 5.10. The molecule has 0 saturated heterocycles. The highest BCUT2D eigenvalue weighted by molar-refractivity contribution is 8.00. The highest BCUT2D eigenvalue weighted by Gasteiger charge is 2.59. The third-order valence-corrected chi connectivity index (χ3v) is 4.07. The van der Waals surface area contributed by atoms with Gasteiger partial charge < -0.3 is 5.11 Å². The normalized spacial score (nSPS) is 12.8. The third kappa shape index (κ3) is 3.53. The summed E-state index contributed by atoms with van der Waals surface area (Å²) in [6.45, 7) is 4.78. The van der Waals surface area contributed by atoms with Crippen LogP contribution >= 0.6 is 11.8 Å². The van der Waals surface area contributed by atoms with E-state index < -0.39 is 23.6 Å². The molecule has 1 aromatic rings. The first kappa shape index (κ1) is 18.7. The Morgan fingerprint density at radius 1 is 1.23 bits per heavy atom. The molecule has 1 aromatic carbocycles. The van der Waals surface area contributed by atoms with E-state index in [0.29, 0.717) is 6.07 Å². The summed E-state index contributed by atoms with van der Waals surface area (Å²) in [7, 11) is 0. The number of carboxylic acid groups (broad SMARTS) is 1. The number of rotatable bonds is 5. The molecule has 1 rings (SSSR count). The molecular formula is C14H15F5O2S. The predicted molar refractivity (Wildman–Crippen MR) is 73.7 cm³/mol. The van der Waals surface area contributed by atoms with E-state index in [0.717, 1.165) is 17.8 Å². The van der Waals surface area contributed by atoms with Gasteiger partial charge in [-0.15, -0.1) is 11.8 Å². The summed E-state index contributed by atoms with van der Waals surface area (Å²) >= 11 is 0.807. The van der Waals surface area contributed by atoms with E-state index >= 15 is 0 Å². The van der Waals surface area contributed by atoms with Crippen molar-refractivity contribution in [3.63, 3.8) is 0 Å². The molecule has 8 heteroatoms. The van der Waals surface area contributed by atoms with Gasteiger partial charge in [0.15, 0.2) is 0 Å². The van der Waals surface area contributed by atoms with Gasteiger partial charge in [0.05, 0.1) is 5.56 Å². The molecule has 0 heterocycles. The molecule has 2 nitrogen and oxygen atoms in total. The van der Waals surface area contributed by atoms with Gasteiger partial charge in [-0.3, -0.25) is 0 Å². The standard InChI is InChI=1S/C14H15F5O2S/c1-4-8-9(12(20)21)5-6-10(11(8)22-7(2)3)13(15,16)14(17,18)19/h5-7H,4H2,1-3H3,(H,20,21). The number of thioether (sulfide) groups is 1. The summed E-state index contributed by atoms with van der Waals surface area (Å²) < 4.78 is 65.4. The molecule has 0 aliphatic heterocycles. The minimum atomic E-state index is -5.74. The zero-order valence-corrected chi connectivity index (χ0v) is 12.9. The van der Waals surface area contributed by atoms with Gasteiger partial charge in [0.25, 0.3) is 0 Å². The second-order valence-corrected chi connectivity index (χ2v) is 6.45. The molecule has 0 amide bonds. The second kappa shape index (κ2) is 6.44. The van der Waals surface area contributed by atoms with E-state index in [9.17, 15) is 26.7 Å². The van der Waals surface area contributed by atoms with Gasteiger partial charge in [0.2, 0.25) is 0 Å². The quantitative estimate of drug-likeness (QED) is 0.597. The third-order valence-electron chi connectivity index (χ3n) is 2.89. The van der Waals surface area contributed by atoms with Crippen LogP contribution in [0.5, 0.6) is 0 Å². The summed E-state index contributed by atoms with van der Waals surface area (Å²) in [5.41, 5.74) is -1.46. The average Bonchev–Trinajstić information content (AvgIpc) is 2.35. The molecular weight excluding hydrogens is 327 g/mol. The largest absolute Gasteiger partial charge is 0.478 e. The second-order valence-electron chi connectivity index (χ2n) is 4.87. The van der Waals surface area contributed by atoms with Crippen molar-refractivity contribution >= 4 is 17.7 Å². The van der Waals surface area contributed by atoms with E-state index in [-0.39, 0.29) is 27.7 Å². The number of carbonyl (C=O) groups is 1. The molecule has 0 spiro atoms. The van der Waals surface area contributed by atoms with Gasteiger partial charge in [0.1, 0.15) is 0 Å². The molecule has 124 valence electrons. The fraction of sp³-hybridized carbons (Fsp3) is 0.500. The minimum absolute atomic E-state index is 0.00683. The Morgan fingerprint density at radius 3 is 2.14 bits per heavy atom. The Morgan fingerprint density at radius 2 is 1.77 bits per heavy atom. The Hall–Kier alpha value is -1.31. The minimum Gasteiger partial charge on any atom is -0.478 e. The molecule has 0 unspecified atom stereocenters. The van der Waals surface area contributed by atoms with Crippen LogP contribution in [0, 0.1) is 0 Å². The van der Waals surface area contributed by atoms with E-state index in [1.807, 2.05) is 0 Å². The van der Waals surface area contributed by atoms with Crippen LogP contribution in [0.15, 0.2) is 17.0 Å². The topological polar surface area (TPSA) is 37.3 Å². The van der Waals surface area contributed by atoms with Crippen LogP contribution in [0.4, 0.5) is 22.0 Å². The molecule has 0 aromatic heterocycles. The molecule has 0 saturated carbocycles. The first-order valence-corrected chi connectivity index (χ1v) is 7.32. The van der Waals surface area contributed by atoms with Crippen molar-refractivity contribution < 1.29 is 31.9 Å². The Labute approximate surface area is 128 Å². The maximum atomic E-state index is 13.7. The van der Waals surface area contributed by atoms with Crippen LogP contribution in [0.3, 0.4) is 0 Å². The maximum Gasteiger partial charge on any atom is 0.458 e. The van der Waals surface area contributed by atoms with Crippen LogP contribution in [-0.4, -0.2) is 22.5 Å². The molecule has 0 aliphatic rings. The first-order chi connectivity index (χ1) is 9.93. The number of alkyl halides is 5. The number of hydrogen-bond donors (Lipinski definition) is 1. The van der Waals surface area contributed by atoms with Crippen molar-refractivity contribution in [2.24, 2.45) is 0 Å². The van der Waals surface area contributed by atoms with Crippen molar-refractivity contribution in [2.45, 2.75) is 49.4 Å². The number of carboxylic acids is 1. The number of hydrogen-bond acceptors (Lipinski definition) is 2. The zero-order valence-electron chi connectivity index (χ0n) is 12.1. The molecule has 1 N–H and O–H groups in total. The summed E-state index contributed by atoms with van der Waals surface area (Å²) in [6, 6.07) is 1.36. The van der Waals surface area contributed by atoms with Crippen LogP contribution < -0.4 is 0 Å².